The van der Waals surface area contributed by atoms with E-state index in [4.69, 9.17) is 11.6 Å². The van der Waals surface area contributed by atoms with Crippen LogP contribution in [0.15, 0.2) is 18.6 Å². The molecule has 0 saturated carbocycles. The Bertz CT molecular complexity index is 705. The Morgan fingerprint density at radius 2 is 2.33 bits per heavy atom. The van der Waals surface area contributed by atoms with Crippen LogP contribution in [0.5, 0.6) is 0 Å². The number of hydrogen-bond acceptors (Lipinski definition) is 7. The van der Waals surface area contributed by atoms with Crippen LogP contribution in [0.4, 0.5) is 17.5 Å². The third kappa shape index (κ3) is 4.01. The molecule has 0 bridgehead atoms. The Morgan fingerprint density at radius 3 is 3.08 bits per heavy atom. The molecule has 8 nitrogen and oxygen atoms in total. The average Bonchev–Trinajstić information content (AvgIpc) is 3.17. The maximum atomic E-state index is 10.7. The number of rotatable bonds is 7. The van der Waals surface area contributed by atoms with Crippen molar-refractivity contribution in [2.45, 2.75) is 18.9 Å². The first kappa shape index (κ1) is 16.7. The van der Waals surface area contributed by atoms with Gasteiger partial charge in [-0.3, -0.25) is 9.58 Å². The molecule has 1 saturated heterocycles. The Morgan fingerprint density at radius 1 is 1.46 bits per heavy atom. The van der Waals surface area contributed by atoms with E-state index in [0.717, 1.165) is 31.4 Å². The molecule has 24 heavy (non-hydrogen) atoms. The Hall–Kier alpha value is -2.19. The molecule has 0 aliphatic carbocycles. The van der Waals surface area contributed by atoms with E-state index in [1.165, 1.54) is 0 Å². The highest BCUT2D eigenvalue weighted by atomic mass is 35.5. The van der Waals surface area contributed by atoms with Gasteiger partial charge in [0.25, 0.3) is 0 Å². The second-order valence-corrected chi connectivity index (χ2v) is 6.16. The average molecular weight is 350 g/mol. The van der Waals surface area contributed by atoms with Crippen molar-refractivity contribution in [1.29, 1.82) is 0 Å². The van der Waals surface area contributed by atoms with Crippen LogP contribution in [-0.4, -0.2) is 56.6 Å². The van der Waals surface area contributed by atoms with Crippen LogP contribution in [0.25, 0.3) is 0 Å². The maximum absolute atomic E-state index is 10.7. The molecule has 2 aromatic rings. The van der Waals surface area contributed by atoms with Gasteiger partial charge in [-0.05, 0) is 19.4 Å². The number of nitrogens with one attached hydrogen (secondary N) is 2. The minimum Gasteiger partial charge on any atom is -0.367 e. The quantitative estimate of drug-likeness (QED) is 0.735. The summed E-state index contributed by atoms with van der Waals surface area (Å²) in [5.41, 5.74) is 0.804. The van der Waals surface area contributed by atoms with Crippen molar-refractivity contribution in [2.24, 2.45) is 7.05 Å². The predicted octanol–water partition coefficient (Wildman–Crippen LogP) is 1.68. The van der Waals surface area contributed by atoms with E-state index in [9.17, 15) is 4.79 Å². The van der Waals surface area contributed by atoms with Gasteiger partial charge in [-0.1, -0.05) is 11.6 Å². The fraction of sp³-hybridized carbons (Fsp3) is 0.467. The summed E-state index contributed by atoms with van der Waals surface area (Å²) in [6.07, 6.45) is 8.21. The lowest BCUT2D eigenvalue weighted by atomic mass is 10.2. The van der Waals surface area contributed by atoms with Crippen molar-refractivity contribution < 1.29 is 4.79 Å². The number of aromatic nitrogens is 4. The number of hydrogen-bond donors (Lipinski definition) is 2. The van der Waals surface area contributed by atoms with Crippen LogP contribution in [-0.2, 0) is 11.8 Å². The summed E-state index contributed by atoms with van der Waals surface area (Å²) in [6.45, 7) is 2.12. The smallest absolute Gasteiger partial charge is 0.229 e. The highest BCUT2D eigenvalue weighted by Gasteiger charge is 2.24. The van der Waals surface area contributed by atoms with E-state index in [1.807, 2.05) is 13.2 Å². The zero-order valence-corrected chi connectivity index (χ0v) is 14.2. The van der Waals surface area contributed by atoms with Crippen molar-refractivity contribution in [3.63, 3.8) is 0 Å². The lowest BCUT2D eigenvalue weighted by molar-refractivity contribution is -0.109. The van der Waals surface area contributed by atoms with E-state index in [0.29, 0.717) is 35.9 Å². The molecule has 9 heteroatoms. The summed E-state index contributed by atoms with van der Waals surface area (Å²) in [6, 6.07) is 0.316. The van der Waals surface area contributed by atoms with Crippen LogP contribution >= 0.6 is 11.6 Å². The van der Waals surface area contributed by atoms with Crippen molar-refractivity contribution in [2.75, 3.05) is 30.3 Å². The van der Waals surface area contributed by atoms with Crippen LogP contribution in [0.1, 0.15) is 12.8 Å². The molecule has 0 unspecified atom stereocenters. The second-order valence-electron chi connectivity index (χ2n) is 5.76. The Labute approximate surface area is 145 Å². The molecule has 2 N–H and O–H groups in total. The fourth-order valence-electron chi connectivity index (χ4n) is 2.84. The Balaban J connectivity index is 1.64. The van der Waals surface area contributed by atoms with Gasteiger partial charge < -0.3 is 15.4 Å². The first-order valence-corrected chi connectivity index (χ1v) is 8.23. The van der Waals surface area contributed by atoms with Crippen molar-refractivity contribution in [3.8, 4) is 0 Å². The molecular formula is C15H20ClN7O. The van der Waals surface area contributed by atoms with Gasteiger partial charge >= 0.3 is 0 Å². The second kappa shape index (κ2) is 7.59. The largest absolute Gasteiger partial charge is 0.367 e. The van der Waals surface area contributed by atoms with Crippen molar-refractivity contribution in [1.82, 2.24) is 24.6 Å². The topological polar surface area (TPSA) is 88.0 Å². The summed E-state index contributed by atoms with van der Waals surface area (Å²) in [5.74, 6) is 1.03. The molecule has 3 heterocycles. The number of likely N-dealkylation sites (tertiary alicyclic amines) is 1. The molecule has 1 fully saturated rings. The molecular weight excluding hydrogens is 330 g/mol. The SMILES string of the molecule is Cn1cc(Nc2ncc(Cl)c(NC[C@H]3CCCN3CC=O)n2)cn1. The number of aryl methyl sites for hydroxylation is 1. The van der Waals surface area contributed by atoms with Gasteiger partial charge in [0.1, 0.15) is 11.3 Å². The van der Waals surface area contributed by atoms with Crippen LogP contribution in [0.3, 0.4) is 0 Å². The lowest BCUT2D eigenvalue weighted by Gasteiger charge is -2.22. The highest BCUT2D eigenvalue weighted by Crippen LogP contribution is 2.23. The lowest BCUT2D eigenvalue weighted by Crippen LogP contribution is -2.36. The molecule has 128 valence electrons. The molecule has 1 aliphatic heterocycles. The van der Waals surface area contributed by atoms with Crippen LogP contribution < -0.4 is 10.6 Å². The molecule has 0 amide bonds. The summed E-state index contributed by atoms with van der Waals surface area (Å²) in [5, 5.41) is 10.9. The molecule has 3 rings (SSSR count). The predicted molar refractivity (Wildman–Crippen MR) is 92.7 cm³/mol. The van der Waals surface area contributed by atoms with Crippen molar-refractivity contribution in [3.05, 3.63) is 23.6 Å². The van der Waals surface area contributed by atoms with Crippen molar-refractivity contribution >= 4 is 35.3 Å². The summed E-state index contributed by atoms with van der Waals surface area (Å²) >= 11 is 6.18. The molecule has 1 aliphatic rings. The monoisotopic (exact) mass is 349 g/mol. The highest BCUT2D eigenvalue weighted by molar-refractivity contribution is 6.32. The van der Waals surface area contributed by atoms with Gasteiger partial charge in [0.05, 0.1) is 24.6 Å². The standard InChI is InChI=1S/C15H20ClN7O/c1-22-10-11(7-19-22)20-15-18-9-13(16)14(21-15)17-8-12-3-2-4-23(12)5-6-24/h6-7,9-10,12H,2-5,8H2,1H3,(H2,17,18,20,21)/t12-/m1/s1. The van der Waals surface area contributed by atoms with Gasteiger partial charge in [-0.2, -0.15) is 10.1 Å². The van der Waals surface area contributed by atoms with Crippen LogP contribution in [0, 0.1) is 0 Å². The van der Waals surface area contributed by atoms with Gasteiger partial charge in [-0.15, -0.1) is 0 Å². The number of nitrogens with zero attached hydrogens (tertiary/aromatic N) is 5. The van der Waals surface area contributed by atoms with E-state index in [1.54, 1.807) is 17.1 Å². The summed E-state index contributed by atoms with van der Waals surface area (Å²) in [4.78, 5) is 21.5. The molecule has 0 aromatic carbocycles. The van der Waals surface area contributed by atoms with E-state index >= 15 is 0 Å². The molecule has 2 aromatic heterocycles. The number of carbonyl (C=O) groups is 1. The minimum absolute atomic E-state index is 0.316. The van der Waals surface area contributed by atoms with Gasteiger partial charge in [0, 0.05) is 25.8 Å². The Kier molecular flexibility index (Phi) is 5.27. The first-order chi connectivity index (χ1) is 11.7. The van der Waals surface area contributed by atoms with E-state index in [-0.39, 0.29) is 0 Å². The minimum atomic E-state index is 0.316. The maximum Gasteiger partial charge on any atom is 0.229 e. The zero-order valence-electron chi connectivity index (χ0n) is 13.4. The fourth-order valence-corrected chi connectivity index (χ4v) is 3.00. The third-order valence-electron chi connectivity index (χ3n) is 4.02. The number of halogens is 1. The van der Waals surface area contributed by atoms with Crippen LogP contribution in [0.2, 0.25) is 5.02 Å². The van der Waals surface area contributed by atoms with Gasteiger partial charge in [0.15, 0.2) is 5.82 Å². The number of carbonyl (C=O) groups excluding carboxylic acids is 1. The normalized spacial score (nSPS) is 17.8. The van der Waals surface area contributed by atoms with Gasteiger partial charge in [-0.25, -0.2) is 4.98 Å². The number of aldehydes is 1. The number of anilines is 3. The first-order valence-electron chi connectivity index (χ1n) is 7.85. The summed E-state index contributed by atoms with van der Waals surface area (Å²) in [7, 11) is 1.84. The summed E-state index contributed by atoms with van der Waals surface area (Å²) < 4.78 is 1.69. The molecule has 1 atom stereocenters. The van der Waals surface area contributed by atoms with E-state index < -0.39 is 0 Å². The molecule has 0 spiro atoms. The zero-order chi connectivity index (χ0) is 16.9. The van der Waals surface area contributed by atoms with Gasteiger partial charge in [0.2, 0.25) is 5.95 Å². The third-order valence-corrected chi connectivity index (χ3v) is 4.29. The van der Waals surface area contributed by atoms with E-state index in [2.05, 4.69) is 30.6 Å². The molecule has 0 radical (unpaired) electrons.